The second-order valence-corrected chi connectivity index (χ2v) is 9.01. The predicted octanol–water partition coefficient (Wildman–Crippen LogP) is 2.83. The first kappa shape index (κ1) is 18.8. The molecule has 0 unspecified atom stereocenters. The van der Waals surface area contributed by atoms with Gasteiger partial charge in [0.15, 0.2) is 0 Å². The van der Waals surface area contributed by atoms with Gasteiger partial charge in [0.1, 0.15) is 6.54 Å². The molecule has 0 aliphatic carbocycles. The lowest BCUT2D eigenvalue weighted by Gasteiger charge is -2.33. The molecule has 0 radical (unpaired) electrons. The fourth-order valence-electron chi connectivity index (χ4n) is 3.06. The molecule has 24 heavy (non-hydrogen) atoms. The zero-order chi connectivity index (χ0) is 17.9. The third-order valence-corrected chi connectivity index (χ3v) is 5.68. The van der Waals surface area contributed by atoms with E-state index >= 15 is 0 Å². The van der Waals surface area contributed by atoms with Crippen molar-refractivity contribution in [2.24, 2.45) is 5.92 Å². The Kier molecular flexibility index (Phi) is 5.91. The molecule has 2 rings (SSSR count). The van der Waals surface area contributed by atoms with Gasteiger partial charge < -0.3 is 4.90 Å². The van der Waals surface area contributed by atoms with E-state index in [4.69, 9.17) is 0 Å². The van der Waals surface area contributed by atoms with Gasteiger partial charge in [-0.25, -0.2) is 8.42 Å². The maximum atomic E-state index is 12.6. The summed E-state index contributed by atoms with van der Waals surface area (Å²) in [5, 5.41) is 0. The smallest absolute Gasteiger partial charge is 0.243 e. The molecule has 6 heteroatoms. The Balaban J connectivity index is 2.18. The van der Waals surface area contributed by atoms with Gasteiger partial charge in [0.2, 0.25) is 15.9 Å². The second-order valence-electron chi connectivity index (χ2n) is 7.10. The third kappa shape index (κ3) is 4.72. The quantitative estimate of drug-likeness (QED) is 0.819. The Morgan fingerprint density at radius 2 is 1.92 bits per heavy atom. The zero-order valence-corrected chi connectivity index (χ0v) is 15.8. The molecule has 5 nitrogen and oxygen atoms in total. The SMILES string of the molecule is CC(C)c1ccc(N(CC(=O)N2CCC[C@@H](C)C2)S(C)(=O)=O)cc1. The summed E-state index contributed by atoms with van der Waals surface area (Å²) in [5.74, 6) is 0.724. The predicted molar refractivity (Wildman–Crippen MR) is 97.7 cm³/mol. The average Bonchev–Trinajstić information content (AvgIpc) is 2.51. The van der Waals surface area contributed by atoms with Crippen molar-refractivity contribution in [3.8, 4) is 0 Å². The van der Waals surface area contributed by atoms with Gasteiger partial charge in [-0.05, 0) is 42.4 Å². The summed E-state index contributed by atoms with van der Waals surface area (Å²) in [4.78, 5) is 14.4. The molecule has 1 aromatic carbocycles. The van der Waals surface area contributed by atoms with E-state index in [2.05, 4.69) is 20.8 Å². The van der Waals surface area contributed by atoms with E-state index in [9.17, 15) is 13.2 Å². The topological polar surface area (TPSA) is 57.7 Å². The molecule has 1 fully saturated rings. The molecular formula is C18H28N2O3S. The summed E-state index contributed by atoms with van der Waals surface area (Å²) < 4.78 is 25.6. The summed E-state index contributed by atoms with van der Waals surface area (Å²) in [5.41, 5.74) is 1.68. The van der Waals surface area contributed by atoms with Crippen LogP contribution in [-0.2, 0) is 14.8 Å². The standard InChI is InChI=1S/C18H28N2O3S/c1-14(2)16-7-9-17(10-8-16)20(24(4,22)23)13-18(21)19-11-5-6-15(3)12-19/h7-10,14-15H,5-6,11-13H2,1-4H3/t15-/m1/s1. The number of nitrogens with zero attached hydrogens (tertiary/aromatic N) is 2. The number of benzene rings is 1. The lowest BCUT2D eigenvalue weighted by molar-refractivity contribution is -0.131. The van der Waals surface area contributed by atoms with Crippen molar-refractivity contribution in [1.82, 2.24) is 4.90 Å². The Hall–Kier alpha value is -1.56. The minimum absolute atomic E-state index is 0.125. The van der Waals surface area contributed by atoms with Crippen molar-refractivity contribution >= 4 is 21.6 Å². The van der Waals surface area contributed by atoms with Gasteiger partial charge in [-0.15, -0.1) is 0 Å². The molecule has 0 N–H and O–H groups in total. The highest BCUT2D eigenvalue weighted by Gasteiger charge is 2.26. The summed E-state index contributed by atoms with van der Waals surface area (Å²) >= 11 is 0. The third-order valence-electron chi connectivity index (χ3n) is 4.54. The molecule has 1 aliphatic rings. The van der Waals surface area contributed by atoms with Gasteiger partial charge in [0.25, 0.3) is 0 Å². The van der Waals surface area contributed by atoms with Crippen LogP contribution in [0.15, 0.2) is 24.3 Å². The van der Waals surface area contributed by atoms with E-state index in [0.717, 1.165) is 24.7 Å². The van der Waals surface area contributed by atoms with Crippen molar-refractivity contribution in [2.75, 3.05) is 30.2 Å². The van der Waals surface area contributed by atoms with Crippen molar-refractivity contribution in [2.45, 2.75) is 39.5 Å². The highest BCUT2D eigenvalue weighted by atomic mass is 32.2. The van der Waals surface area contributed by atoms with E-state index in [1.54, 1.807) is 17.0 Å². The molecular weight excluding hydrogens is 324 g/mol. The number of hydrogen-bond acceptors (Lipinski definition) is 3. The number of hydrogen-bond donors (Lipinski definition) is 0. The molecule has 0 spiro atoms. The van der Waals surface area contributed by atoms with Crippen LogP contribution in [0.5, 0.6) is 0 Å². The molecule has 1 saturated heterocycles. The number of likely N-dealkylation sites (tertiary alicyclic amines) is 1. The zero-order valence-electron chi connectivity index (χ0n) is 15.0. The van der Waals surface area contributed by atoms with Crippen molar-refractivity contribution < 1.29 is 13.2 Å². The number of amides is 1. The number of piperidine rings is 1. The normalized spacial score (nSPS) is 18.7. The molecule has 1 amide bonds. The van der Waals surface area contributed by atoms with Crippen molar-refractivity contribution in [3.63, 3.8) is 0 Å². The van der Waals surface area contributed by atoms with E-state index in [1.165, 1.54) is 4.31 Å². The van der Waals surface area contributed by atoms with E-state index in [-0.39, 0.29) is 12.5 Å². The largest absolute Gasteiger partial charge is 0.341 e. The Morgan fingerprint density at radius 1 is 1.29 bits per heavy atom. The van der Waals surface area contributed by atoms with E-state index in [1.807, 2.05) is 12.1 Å². The second kappa shape index (κ2) is 7.55. The van der Waals surface area contributed by atoms with Crippen LogP contribution in [0.4, 0.5) is 5.69 Å². The van der Waals surface area contributed by atoms with Gasteiger partial charge in [0.05, 0.1) is 11.9 Å². The van der Waals surface area contributed by atoms with Crippen molar-refractivity contribution in [1.29, 1.82) is 0 Å². The lowest BCUT2D eigenvalue weighted by atomic mass is 10.0. The van der Waals surface area contributed by atoms with E-state index < -0.39 is 10.0 Å². The first-order chi connectivity index (χ1) is 11.2. The van der Waals surface area contributed by atoms with Crippen LogP contribution < -0.4 is 4.31 Å². The van der Waals surface area contributed by atoms with E-state index in [0.29, 0.717) is 30.6 Å². The molecule has 0 aromatic heterocycles. The first-order valence-electron chi connectivity index (χ1n) is 8.54. The molecule has 1 atom stereocenters. The highest BCUT2D eigenvalue weighted by Crippen LogP contribution is 2.23. The fourth-order valence-corrected chi connectivity index (χ4v) is 3.91. The first-order valence-corrected chi connectivity index (χ1v) is 10.4. The number of anilines is 1. The van der Waals surface area contributed by atoms with Crippen LogP contribution in [0.3, 0.4) is 0 Å². The van der Waals surface area contributed by atoms with Crippen LogP contribution in [0.2, 0.25) is 0 Å². The summed E-state index contributed by atoms with van der Waals surface area (Å²) in [6, 6.07) is 7.40. The molecule has 0 saturated carbocycles. The molecule has 1 aromatic rings. The van der Waals surface area contributed by atoms with Crippen LogP contribution in [-0.4, -0.2) is 45.1 Å². The minimum atomic E-state index is -3.51. The Bertz CT molecular complexity index is 668. The van der Waals surface area contributed by atoms with Crippen LogP contribution in [0.25, 0.3) is 0 Å². The molecule has 1 aliphatic heterocycles. The number of sulfonamides is 1. The Morgan fingerprint density at radius 3 is 2.42 bits per heavy atom. The minimum Gasteiger partial charge on any atom is -0.341 e. The van der Waals surface area contributed by atoms with Gasteiger partial charge in [-0.1, -0.05) is 32.9 Å². The van der Waals surface area contributed by atoms with Crippen LogP contribution in [0.1, 0.15) is 45.1 Å². The van der Waals surface area contributed by atoms with Gasteiger partial charge in [-0.3, -0.25) is 9.10 Å². The maximum Gasteiger partial charge on any atom is 0.243 e. The number of carbonyl (C=O) groups excluding carboxylic acids is 1. The molecule has 134 valence electrons. The summed E-state index contributed by atoms with van der Waals surface area (Å²) in [7, 11) is -3.51. The monoisotopic (exact) mass is 352 g/mol. The van der Waals surface area contributed by atoms with Crippen LogP contribution >= 0.6 is 0 Å². The Labute approximate surface area is 145 Å². The number of rotatable bonds is 5. The molecule has 0 bridgehead atoms. The van der Waals surface area contributed by atoms with Gasteiger partial charge in [0, 0.05) is 13.1 Å². The summed E-state index contributed by atoms with van der Waals surface area (Å²) in [6.45, 7) is 7.59. The molecule has 1 heterocycles. The average molecular weight is 352 g/mol. The highest BCUT2D eigenvalue weighted by molar-refractivity contribution is 7.92. The number of carbonyl (C=O) groups is 1. The fraction of sp³-hybridized carbons (Fsp3) is 0.611. The lowest BCUT2D eigenvalue weighted by Crippen LogP contribution is -2.46. The summed E-state index contributed by atoms with van der Waals surface area (Å²) in [6.07, 6.45) is 3.25. The van der Waals surface area contributed by atoms with Crippen LogP contribution in [0, 0.1) is 5.92 Å². The van der Waals surface area contributed by atoms with Gasteiger partial charge >= 0.3 is 0 Å². The van der Waals surface area contributed by atoms with Crippen molar-refractivity contribution in [3.05, 3.63) is 29.8 Å². The maximum absolute atomic E-state index is 12.6. The van der Waals surface area contributed by atoms with Gasteiger partial charge in [-0.2, -0.15) is 0 Å².